The summed E-state index contributed by atoms with van der Waals surface area (Å²) < 4.78 is 27.8. The van der Waals surface area contributed by atoms with Gasteiger partial charge in [0.05, 0.1) is 17.8 Å². The molecule has 1 saturated heterocycles. The van der Waals surface area contributed by atoms with E-state index in [-0.39, 0.29) is 28.5 Å². The van der Waals surface area contributed by atoms with Gasteiger partial charge in [-0.2, -0.15) is 0 Å². The van der Waals surface area contributed by atoms with Crippen molar-refractivity contribution in [2.45, 2.75) is 65.5 Å². The first kappa shape index (κ1) is 20.9. The van der Waals surface area contributed by atoms with Crippen molar-refractivity contribution in [1.82, 2.24) is 9.62 Å². The predicted octanol–water partition coefficient (Wildman–Crippen LogP) is 3.21. The van der Waals surface area contributed by atoms with Gasteiger partial charge in [-0.25, -0.2) is 12.7 Å². The smallest absolute Gasteiger partial charge is 0.253 e. The molecule has 1 amide bonds. The molecule has 1 heterocycles. The first-order valence-electron chi connectivity index (χ1n) is 10.9. The summed E-state index contributed by atoms with van der Waals surface area (Å²) in [6.45, 7) is 9.30. The summed E-state index contributed by atoms with van der Waals surface area (Å²) in [6, 6.07) is 9.17. The number of fused-ring (bicyclic) bond motifs is 1. The van der Waals surface area contributed by atoms with E-state index in [9.17, 15) is 13.2 Å². The number of carbonyl (C=O) groups is 1. The van der Waals surface area contributed by atoms with Crippen molar-refractivity contribution in [3.05, 3.63) is 35.9 Å². The molecule has 29 heavy (non-hydrogen) atoms. The van der Waals surface area contributed by atoms with E-state index in [0.29, 0.717) is 24.8 Å². The van der Waals surface area contributed by atoms with E-state index < -0.39 is 16.1 Å². The Morgan fingerprint density at radius 2 is 1.93 bits per heavy atom. The van der Waals surface area contributed by atoms with Crippen LogP contribution >= 0.6 is 0 Å². The minimum atomic E-state index is -3.59. The number of nitrogens with zero attached hydrogens (tertiary/aromatic N) is 1. The lowest BCUT2D eigenvalue weighted by atomic mass is 9.69. The van der Waals surface area contributed by atoms with Crippen molar-refractivity contribution in [3.8, 4) is 0 Å². The Balaban J connectivity index is 1.64. The average molecular weight is 419 g/mol. The molecule has 5 nitrogen and oxygen atoms in total. The molecule has 160 valence electrons. The maximum Gasteiger partial charge on any atom is 0.253 e. The van der Waals surface area contributed by atoms with Gasteiger partial charge >= 0.3 is 0 Å². The molecule has 1 spiro atoms. The van der Waals surface area contributed by atoms with E-state index in [4.69, 9.17) is 0 Å². The molecule has 0 radical (unpaired) electrons. The van der Waals surface area contributed by atoms with Crippen LogP contribution in [0.25, 0.3) is 0 Å². The van der Waals surface area contributed by atoms with E-state index in [1.807, 2.05) is 30.3 Å². The molecule has 2 aliphatic carbocycles. The highest BCUT2D eigenvalue weighted by Crippen LogP contribution is 2.70. The van der Waals surface area contributed by atoms with E-state index in [2.05, 4.69) is 33.0 Å². The third-order valence-corrected chi connectivity index (χ3v) is 9.90. The fraction of sp³-hybridized carbons (Fsp3) is 0.696. The van der Waals surface area contributed by atoms with E-state index in [1.165, 1.54) is 4.31 Å². The van der Waals surface area contributed by atoms with Gasteiger partial charge in [0.25, 0.3) is 5.91 Å². The largest absolute Gasteiger partial charge is 0.305 e. The van der Waals surface area contributed by atoms with E-state index >= 15 is 0 Å². The van der Waals surface area contributed by atoms with Gasteiger partial charge in [-0.3, -0.25) is 4.79 Å². The summed E-state index contributed by atoms with van der Waals surface area (Å²) >= 11 is 0. The normalized spacial score (nSPS) is 32.5. The van der Waals surface area contributed by atoms with Crippen LogP contribution < -0.4 is 5.32 Å². The van der Waals surface area contributed by atoms with Crippen LogP contribution in [0.15, 0.2) is 30.3 Å². The van der Waals surface area contributed by atoms with Crippen LogP contribution in [0.2, 0.25) is 0 Å². The van der Waals surface area contributed by atoms with Crippen LogP contribution in [0, 0.1) is 22.7 Å². The van der Waals surface area contributed by atoms with Gasteiger partial charge in [0.15, 0.2) is 0 Å². The first-order chi connectivity index (χ1) is 13.6. The molecule has 0 unspecified atom stereocenters. The third kappa shape index (κ3) is 3.23. The number of amides is 1. The predicted molar refractivity (Wildman–Crippen MR) is 115 cm³/mol. The summed E-state index contributed by atoms with van der Waals surface area (Å²) in [4.78, 5) is 13.7. The summed E-state index contributed by atoms with van der Waals surface area (Å²) in [5.41, 5.74) is 0.739. The highest BCUT2D eigenvalue weighted by atomic mass is 32.2. The van der Waals surface area contributed by atoms with Gasteiger partial charge in [0.1, 0.15) is 0 Å². The second-order valence-electron chi connectivity index (χ2n) is 10.3. The Morgan fingerprint density at radius 3 is 2.55 bits per heavy atom. The topological polar surface area (TPSA) is 66.5 Å². The van der Waals surface area contributed by atoms with Crippen molar-refractivity contribution in [1.29, 1.82) is 0 Å². The summed E-state index contributed by atoms with van der Waals surface area (Å²) in [6.07, 6.45) is 3.33. The van der Waals surface area contributed by atoms with Crippen LogP contribution in [0.3, 0.4) is 0 Å². The standard InChI is InChI=1S/C23H34N2O3S/c1-16(2)14-24-19(12-17-8-6-5-7-9-17)21(26)25-20-13-18-10-11-23(20,22(18,3)4)15-29(25,27)28/h5-9,16,18-20,24H,10-15H2,1-4H3/t18-,19+,20-,23-/m0/s1. The summed E-state index contributed by atoms with van der Waals surface area (Å²) in [7, 11) is -3.59. The van der Waals surface area contributed by atoms with Crippen LogP contribution in [0.4, 0.5) is 0 Å². The molecule has 4 atom stereocenters. The number of rotatable bonds is 6. The molecule has 2 saturated carbocycles. The second kappa shape index (κ2) is 7.09. The lowest BCUT2D eigenvalue weighted by molar-refractivity contribution is -0.131. The molecular formula is C23H34N2O3S. The second-order valence-corrected chi connectivity index (χ2v) is 12.1. The minimum Gasteiger partial charge on any atom is -0.305 e. The van der Waals surface area contributed by atoms with Crippen molar-refractivity contribution >= 4 is 15.9 Å². The number of carbonyl (C=O) groups excluding carboxylic acids is 1. The summed E-state index contributed by atoms with van der Waals surface area (Å²) in [5.74, 6) is 0.751. The van der Waals surface area contributed by atoms with Gasteiger partial charge in [-0.1, -0.05) is 58.0 Å². The molecule has 3 fully saturated rings. The number of benzene rings is 1. The molecule has 2 bridgehead atoms. The number of nitrogens with one attached hydrogen (secondary N) is 1. The zero-order chi connectivity index (χ0) is 21.0. The lowest BCUT2D eigenvalue weighted by Crippen LogP contribution is -2.53. The van der Waals surface area contributed by atoms with Gasteiger partial charge in [-0.05, 0) is 55.0 Å². The fourth-order valence-corrected chi connectivity index (χ4v) is 8.78. The van der Waals surface area contributed by atoms with Gasteiger partial charge in [0.2, 0.25) is 10.0 Å². The molecule has 0 aromatic heterocycles. The van der Waals surface area contributed by atoms with Crippen molar-refractivity contribution in [3.63, 3.8) is 0 Å². The summed E-state index contributed by atoms with van der Waals surface area (Å²) in [5, 5.41) is 3.37. The Kier molecular flexibility index (Phi) is 5.10. The van der Waals surface area contributed by atoms with Crippen LogP contribution in [-0.2, 0) is 21.2 Å². The number of sulfonamides is 1. The molecule has 1 aromatic carbocycles. The lowest BCUT2D eigenvalue weighted by Gasteiger charge is -2.37. The van der Waals surface area contributed by atoms with Gasteiger partial charge < -0.3 is 5.32 Å². The highest BCUT2D eigenvalue weighted by Gasteiger charge is 2.72. The zero-order valence-electron chi connectivity index (χ0n) is 18.0. The zero-order valence-corrected chi connectivity index (χ0v) is 18.8. The van der Waals surface area contributed by atoms with Crippen molar-refractivity contribution in [2.24, 2.45) is 22.7 Å². The maximum absolute atomic E-state index is 13.7. The van der Waals surface area contributed by atoms with Gasteiger partial charge in [0, 0.05) is 5.41 Å². The highest BCUT2D eigenvalue weighted by molar-refractivity contribution is 7.90. The Hall–Kier alpha value is -1.40. The Bertz CT molecular complexity index is 881. The molecular weight excluding hydrogens is 384 g/mol. The minimum absolute atomic E-state index is 0.0277. The van der Waals surface area contributed by atoms with E-state index in [0.717, 1.165) is 24.8 Å². The molecule has 4 rings (SSSR count). The monoisotopic (exact) mass is 418 g/mol. The van der Waals surface area contributed by atoms with Gasteiger partial charge in [-0.15, -0.1) is 0 Å². The molecule has 1 aliphatic heterocycles. The van der Waals surface area contributed by atoms with Crippen LogP contribution in [0.5, 0.6) is 0 Å². The molecule has 3 aliphatic rings. The van der Waals surface area contributed by atoms with Crippen LogP contribution in [0.1, 0.15) is 52.5 Å². The quantitative estimate of drug-likeness (QED) is 0.770. The Labute approximate surface area is 175 Å². The molecule has 1 aromatic rings. The molecule has 1 N–H and O–H groups in total. The first-order valence-corrected chi connectivity index (χ1v) is 12.5. The third-order valence-electron chi connectivity index (χ3n) is 7.98. The number of hydrogen-bond donors (Lipinski definition) is 1. The maximum atomic E-state index is 13.7. The SMILES string of the molecule is CC(C)CN[C@H](Cc1ccccc1)C(=O)N1[C@H]2C[C@@H]3CC[C@@]2(CS1(=O)=O)C3(C)C. The van der Waals surface area contributed by atoms with Crippen LogP contribution in [-0.4, -0.2) is 43.0 Å². The van der Waals surface area contributed by atoms with Crippen molar-refractivity contribution in [2.75, 3.05) is 12.3 Å². The van der Waals surface area contributed by atoms with Crippen molar-refractivity contribution < 1.29 is 13.2 Å². The Morgan fingerprint density at radius 1 is 1.24 bits per heavy atom. The van der Waals surface area contributed by atoms with E-state index in [1.54, 1.807) is 0 Å². The fourth-order valence-electron chi connectivity index (χ4n) is 6.21. The average Bonchev–Trinajstić information content (AvgIpc) is 3.13. The number of hydrogen-bond acceptors (Lipinski definition) is 4. The molecule has 6 heteroatoms.